The van der Waals surface area contributed by atoms with Crippen molar-refractivity contribution < 1.29 is 4.42 Å². The maximum atomic E-state index is 6.73. The minimum atomic E-state index is 0.284. The molecule has 0 aliphatic heterocycles. The van der Waals surface area contributed by atoms with Gasteiger partial charge in [-0.05, 0) is 113 Å². The molecule has 3 nitrogen and oxygen atoms in total. The van der Waals surface area contributed by atoms with Crippen LogP contribution in [0, 0.1) is 13.8 Å². The zero-order chi connectivity index (χ0) is 34.5. The number of furan rings is 1. The first-order chi connectivity index (χ1) is 24.3. The maximum absolute atomic E-state index is 6.73. The summed E-state index contributed by atoms with van der Waals surface area (Å²) >= 11 is 0. The van der Waals surface area contributed by atoms with Gasteiger partial charge in [-0.2, -0.15) is 0 Å². The molecule has 0 saturated carbocycles. The van der Waals surface area contributed by atoms with Crippen LogP contribution in [-0.2, 0) is 0 Å². The number of rotatable bonds is 7. The van der Waals surface area contributed by atoms with Gasteiger partial charge in [-0.3, -0.25) is 4.57 Å². The Hall–Kier alpha value is -5.67. The Kier molecular flexibility index (Phi) is 7.99. The van der Waals surface area contributed by atoms with E-state index in [1.807, 2.05) is 6.07 Å². The van der Waals surface area contributed by atoms with Gasteiger partial charge in [0, 0.05) is 16.5 Å². The van der Waals surface area contributed by atoms with Crippen molar-refractivity contribution in [3.05, 3.63) is 156 Å². The van der Waals surface area contributed by atoms with Crippen LogP contribution < -0.4 is 0 Å². The highest BCUT2D eigenvalue weighted by Crippen LogP contribution is 2.44. The first kappa shape index (κ1) is 31.6. The van der Waals surface area contributed by atoms with E-state index in [9.17, 15) is 0 Å². The first-order valence-corrected chi connectivity index (χ1v) is 17.7. The van der Waals surface area contributed by atoms with Crippen molar-refractivity contribution in [2.24, 2.45) is 0 Å². The summed E-state index contributed by atoms with van der Waals surface area (Å²) in [5.41, 5.74) is 16.2. The zero-order valence-electron chi connectivity index (χ0n) is 29.7. The van der Waals surface area contributed by atoms with Gasteiger partial charge in [-0.1, -0.05) is 119 Å². The van der Waals surface area contributed by atoms with Crippen LogP contribution in [0.1, 0.15) is 61.8 Å². The van der Waals surface area contributed by atoms with E-state index in [2.05, 4.69) is 174 Å². The van der Waals surface area contributed by atoms with E-state index >= 15 is 0 Å². The number of aromatic nitrogens is 2. The molecule has 246 valence electrons. The molecule has 50 heavy (non-hydrogen) atoms. The van der Waals surface area contributed by atoms with Crippen molar-refractivity contribution >= 4 is 22.0 Å². The molecule has 8 rings (SSSR count). The van der Waals surface area contributed by atoms with E-state index in [-0.39, 0.29) is 11.8 Å². The second-order valence-electron chi connectivity index (χ2n) is 14.1. The van der Waals surface area contributed by atoms with Gasteiger partial charge in [0.25, 0.3) is 0 Å². The van der Waals surface area contributed by atoms with Gasteiger partial charge < -0.3 is 4.42 Å². The fourth-order valence-corrected chi connectivity index (χ4v) is 7.52. The Morgan fingerprint density at radius 2 is 1.16 bits per heavy atom. The Morgan fingerprint density at radius 1 is 0.560 bits per heavy atom. The molecule has 0 radical (unpaired) electrons. The van der Waals surface area contributed by atoms with Crippen molar-refractivity contribution in [1.82, 2.24) is 9.55 Å². The molecule has 0 amide bonds. The third kappa shape index (κ3) is 5.44. The molecule has 0 saturated heterocycles. The van der Waals surface area contributed by atoms with Gasteiger partial charge in [0.05, 0.1) is 16.7 Å². The fraction of sp³-hybridized carbons (Fsp3) is 0.170. The predicted molar refractivity (Wildman–Crippen MR) is 210 cm³/mol. The molecular formula is C47H42N2O. The monoisotopic (exact) mass is 650 g/mol. The lowest BCUT2D eigenvalue weighted by atomic mass is 9.88. The number of hydrogen-bond donors (Lipinski definition) is 0. The Labute approximate surface area is 294 Å². The fourth-order valence-electron chi connectivity index (χ4n) is 7.52. The molecule has 8 aromatic rings. The molecule has 0 unspecified atom stereocenters. The third-order valence-electron chi connectivity index (χ3n) is 10.0. The second-order valence-corrected chi connectivity index (χ2v) is 14.1. The van der Waals surface area contributed by atoms with Crippen LogP contribution in [-0.4, -0.2) is 9.55 Å². The standard InChI is InChI=1S/C47H42N2O/c1-29(2)37-24-35(33-18-9-7-10-19-33)25-38(30(3)4)46(37)49-42-23-14-13-22-41(42)48-47(49)36-26-40(45-31(5)16-15-17-32(45)6)39-28-43(50-44(39)27-36)34-20-11-8-12-21-34/h7-30H,1-6H3. The van der Waals surface area contributed by atoms with E-state index in [4.69, 9.17) is 9.40 Å². The van der Waals surface area contributed by atoms with Crippen LogP contribution in [0.4, 0.5) is 0 Å². The van der Waals surface area contributed by atoms with Crippen molar-refractivity contribution in [2.45, 2.75) is 53.4 Å². The van der Waals surface area contributed by atoms with E-state index in [0.29, 0.717) is 0 Å². The Morgan fingerprint density at radius 3 is 1.80 bits per heavy atom. The summed E-state index contributed by atoms with van der Waals surface area (Å²) < 4.78 is 9.15. The highest BCUT2D eigenvalue weighted by molar-refractivity contribution is 6.01. The van der Waals surface area contributed by atoms with Gasteiger partial charge in [0.2, 0.25) is 0 Å². The largest absolute Gasteiger partial charge is 0.456 e. The van der Waals surface area contributed by atoms with Crippen LogP contribution in [0.5, 0.6) is 0 Å². The quantitative estimate of drug-likeness (QED) is 0.172. The summed E-state index contributed by atoms with van der Waals surface area (Å²) in [4.78, 5) is 5.41. The van der Waals surface area contributed by atoms with Gasteiger partial charge in [0.1, 0.15) is 17.2 Å². The van der Waals surface area contributed by atoms with Gasteiger partial charge in [-0.25, -0.2) is 4.98 Å². The third-order valence-corrected chi connectivity index (χ3v) is 10.0. The van der Waals surface area contributed by atoms with Crippen LogP contribution in [0.2, 0.25) is 0 Å². The molecule has 0 atom stereocenters. The summed E-state index contributed by atoms with van der Waals surface area (Å²) in [5.74, 6) is 2.34. The average molecular weight is 651 g/mol. The summed E-state index contributed by atoms with van der Waals surface area (Å²) in [6.07, 6.45) is 0. The summed E-state index contributed by atoms with van der Waals surface area (Å²) in [6, 6.07) is 47.7. The highest BCUT2D eigenvalue weighted by atomic mass is 16.3. The van der Waals surface area contributed by atoms with Crippen LogP contribution in [0.25, 0.3) is 72.7 Å². The lowest BCUT2D eigenvalue weighted by Gasteiger charge is -2.24. The summed E-state index contributed by atoms with van der Waals surface area (Å²) in [7, 11) is 0. The number of para-hydroxylation sites is 2. The van der Waals surface area contributed by atoms with Crippen molar-refractivity contribution in [2.75, 3.05) is 0 Å². The van der Waals surface area contributed by atoms with Crippen LogP contribution >= 0.6 is 0 Å². The number of aryl methyl sites for hydroxylation is 2. The van der Waals surface area contributed by atoms with Crippen LogP contribution in [0.15, 0.2) is 138 Å². The average Bonchev–Trinajstić information content (AvgIpc) is 3.74. The SMILES string of the molecule is Cc1cccc(C)c1-c1cc(-c2nc3ccccc3n2-c2c(C(C)C)cc(-c3ccccc3)cc2C(C)C)cc2oc(-c3ccccc3)cc12. The molecule has 6 aromatic carbocycles. The van der Waals surface area contributed by atoms with Crippen molar-refractivity contribution in [1.29, 1.82) is 0 Å². The number of hydrogen-bond acceptors (Lipinski definition) is 2. The molecule has 2 heterocycles. The molecule has 0 bridgehead atoms. The van der Waals surface area contributed by atoms with Gasteiger partial charge in [-0.15, -0.1) is 0 Å². The smallest absolute Gasteiger partial charge is 0.145 e. The Balaban J connectivity index is 1.46. The molecule has 0 fully saturated rings. The summed E-state index contributed by atoms with van der Waals surface area (Å²) in [5, 5.41) is 1.10. The number of benzene rings is 6. The van der Waals surface area contributed by atoms with Crippen LogP contribution in [0.3, 0.4) is 0 Å². The van der Waals surface area contributed by atoms with Crippen molar-refractivity contribution in [3.63, 3.8) is 0 Å². The lowest BCUT2D eigenvalue weighted by Crippen LogP contribution is -2.09. The highest BCUT2D eigenvalue weighted by Gasteiger charge is 2.25. The zero-order valence-corrected chi connectivity index (χ0v) is 29.7. The van der Waals surface area contributed by atoms with E-state index in [1.54, 1.807) is 0 Å². The molecular weight excluding hydrogens is 609 g/mol. The maximum Gasteiger partial charge on any atom is 0.145 e. The molecule has 0 spiro atoms. The molecule has 0 aliphatic carbocycles. The topological polar surface area (TPSA) is 31.0 Å². The molecule has 2 aromatic heterocycles. The first-order valence-electron chi connectivity index (χ1n) is 17.7. The number of fused-ring (bicyclic) bond motifs is 2. The van der Waals surface area contributed by atoms with E-state index in [0.717, 1.165) is 50.3 Å². The predicted octanol–water partition coefficient (Wildman–Crippen LogP) is 13.3. The molecule has 3 heteroatoms. The van der Waals surface area contributed by atoms with Gasteiger partial charge >= 0.3 is 0 Å². The van der Waals surface area contributed by atoms with Crippen molar-refractivity contribution in [3.8, 4) is 50.7 Å². The second kappa shape index (κ2) is 12.7. The summed E-state index contributed by atoms with van der Waals surface area (Å²) in [6.45, 7) is 13.6. The van der Waals surface area contributed by atoms with E-state index < -0.39 is 0 Å². The van der Waals surface area contributed by atoms with E-state index in [1.165, 1.54) is 44.6 Å². The minimum Gasteiger partial charge on any atom is -0.456 e. The lowest BCUT2D eigenvalue weighted by molar-refractivity contribution is 0.631. The Bertz CT molecular complexity index is 2450. The molecule has 0 aliphatic rings. The normalized spacial score (nSPS) is 11.8. The number of nitrogens with zero attached hydrogens (tertiary/aromatic N) is 2. The molecule has 0 N–H and O–H groups in total. The number of imidazole rings is 1. The minimum absolute atomic E-state index is 0.284. The van der Waals surface area contributed by atoms with Gasteiger partial charge in [0.15, 0.2) is 0 Å².